The van der Waals surface area contributed by atoms with E-state index in [4.69, 9.17) is 10.5 Å². The Bertz CT molecular complexity index is 711. The second-order valence-corrected chi connectivity index (χ2v) is 8.55. The van der Waals surface area contributed by atoms with Crippen LogP contribution in [-0.4, -0.2) is 50.9 Å². The first kappa shape index (κ1) is 21.7. The highest BCUT2D eigenvalue weighted by molar-refractivity contribution is 7.89. The molecule has 1 amide bonds. The first-order valence-corrected chi connectivity index (χ1v) is 9.34. The summed E-state index contributed by atoms with van der Waals surface area (Å²) in [5.74, 6) is -0.133. The number of halogens is 1. The summed E-state index contributed by atoms with van der Waals surface area (Å²) < 4.78 is 32.2. The molecule has 2 rings (SSSR count). The number of sulfonamides is 1. The summed E-state index contributed by atoms with van der Waals surface area (Å²) in [7, 11) is -2.27. The van der Waals surface area contributed by atoms with E-state index < -0.39 is 15.6 Å². The van der Waals surface area contributed by atoms with Crippen molar-refractivity contribution in [3.8, 4) is 5.75 Å². The van der Waals surface area contributed by atoms with E-state index in [1.54, 1.807) is 19.9 Å². The molecular weight excluding hydrogens is 366 g/mol. The minimum atomic E-state index is -3.68. The average molecular weight is 392 g/mol. The molecule has 1 aliphatic rings. The Morgan fingerprint density at radius 2 is 1.92 bits per heavy atom. The Morgan fingerprint density at radius 1 is 1.32 bits per heavy atom. The average Bonchev–Trinajstić information content (AvgIpc) is 3.06. The van der Waals surface area contributed by atoms with Gasteiger partial charge in [0.15, 0.2) is 0 Å². The number of rotatable bonds is 6. The maximum Gasteiger partial charge on any atom is 0.251 e. The van der Waals surface area contributed by atoms with Gasteiger partial charge < -0.3 is 15.8 Å². The zero-order valence-electron chi connectivity index (χ0n) is 14.7. The number of hydrogen-bond donors (Lipinski definition) is 2. The highest BCUT2D eigenvalue weighted by Crippen LogP contribution is 2.29. The molecule has 0 atom stereocenters. The maximum absolute atomic E-state index is 12.8. The van der Waals surface area contributed by atoms with Crippen LogP contribution in [0.4, 0.5) is 0 Å². The first-order valence-electron chi connectivity index (χ1n) is 7.90. The minimum absolute atomic E-state index is 0. The van der Waals surface area contributed by atoms with E-state index in [-0.39, 0.29) is 41.1 Å². The highest BCUT2D eigenvalue weighted by Gasteiger charge is 2.30. The fraction of sp³-hybridized carbons (Fsp3) is 0.562. The zero-order chi connectivity index (χ0) is 18.0. The number of ether oxygens (including phenoxy) is 1. The van der Waals surface area contributed by atoms with Gasteiger partial charge in [-0.05, 0) is 44.9 Å². The molecule has 0 aliphatic carbocycles. The molecule has 7 nitrogen and oxygen atoms in total. The Hall–Kier alpha value is -1.35. The third-order valence-electron chi connectivity index (χ3n) is 3.81. The Kier molecular flexibility index (Phi) is 7.25. The zero-order valence-corrected chi connectivity index (χ0v) is 16.4. The van der Waals surface area contributed by atoms with Gasteiger partial charge in [0, 0.05) is 30.7 Å². The molecule has 0 aromatic heterocycles. The van der Waals surface area contributed by atoms with Gasteiger partial charge in [-0.15, -0.1) is 12.4 Å². The summed E-state index contributed by atoms with van der Waals surface area (Å²) in [6, 6.07) is 4.41. The number of benzene rings is 1. The predicted molar refractivity (Wildman–Crippen MR) is 98.8 cm³/mol. The van der Waals surface area contributed by atoms with Gasteiger partial charge in [0.2, 0.25) is 10.0 Å². The Morgan fingerprint density at radius 3 is 2.44 bits per heavy atom. The second-order valence-electron chi connectivity index (χ2n) is 6.65. The second kappa shape index (κ2) is 8.35. The molecule has 1 aliphatic heterocycles. The van der Waals surface area contributed by atoms with Gasteiger partial charge in [-0.25, -0.2) is 8.42 Å². The molecule has 0 unspecified atom stereocenters. The molecule has 1 fully saturated rings. The van der Waals surface area contributed by atoms with Crippen molar-refractivity contribution >= 4 is 28.3 Å². The smallest absolute Gasteiger partial charge is 0.251 e. The molecule has 9 heteroatoms. The third kappa shape index (κ3) is 5.31. The highest BCUT2D eigenvalue weighted by atomic mass is 35.5. The number of nitrogens with one attached hydrogen (secondary N) is 1. The lowest BCUT2D eigenvalue weighted by atomic mass is 10.1. The normalized spacial score (nSPS) is 15.5. The van der Waals surface area contributed by atoms with Gasteiger partial charge in [0.25, 0.3) is 5.91 Å². The number of carbonyl (C=O) groups is 1. The van der Waals surface area contributed by atoms with Crippen LogP contribution in [0.25, 0.3) is 0 Å². The molecule has 1 heterocycles. The van der Waals surface area contributed by atoms with Gasteiger partial charge >= 0.3 is 0 Å². The van der Waals surface area contributed by atoms with Crippen molar-refractivity contribution in [3.05, 3.63) is 23.8 Å². The number of hydrogen-bond acceptors (Lipinski definition) is 5. The van der Waals surface area contributed by atoms with Crippen molar-refractivity contribution in [2.24, 2.45) is 5.73 Å². The summed E-state index contributed by atoms with van der Waals surface area (Å²) in [6.07, 6.45) is 1.68. The Labute approximate surface area is 155 Å². The number of carbonyl (C=O) groups excluding carboxylic acids is 1. The molecule has 0 bridgehead atoms. The van der Waals surface area contributed by atoms with Gasteiger partial charge in [-0.2, -0.15) is 4.31 Å². The number of nitrogens with two attached hydrogens (primary N) is 1. The molecule has 3 N–H and O–H groups in total. The van der Waals surface area contributed by atoms with Crippen LogP contribution in [0.1, 0.15) is 37.0 Å². The van der Waals surface area contributed by atoms with E-state index in [9.17, 15) is 13.2 Å². The lowest BCUT2D eigenvalue weighted by Crippen LogP contribution is -2.45. The first-order chi connectivity index (χ1) is 11.1. The molecule has 0 spiro atoms. The number of nitrogens with zero attached hydrogens (tertiary/aromatic N) is 1. The summed E-state index contributed by atoms with van der Waals surface area (Å²) in [5, 5.41) is 2.71. The number of methoxy groups -OCH3 is 1. The van der Waals surface area contributed by atoms with Gasteiger partial charge in [0.1, 0.15) is 10.6 Å². The summed E-state index contributed by atoms with van der Waals surface area (Å²) in [5.41, 5.74) is 5.56. The van der Waals surface area contributed by atoms with Crippen LogP contribution >= 0.6 is 12.4 Å². The summed E-state index contributed by atoms with van der Waals surface area (Å²) >= 11 is 0. The van der Waals surface area contributed by atoms with Gasteiger partial charge in [-0.1, -0.05) is 0 Å². The van der Waals surface area contributed by atoms with Crippen molar-refractivity contribution in [1.82, 2.24) is 9.62 Å². The molecule has 142 valence electrons. The molecule has 1 aromatic rings. The predicted octanol–water partition coefficient (Wildman–Crippen LogP) is 1.37. The summed E-state index contributed by atoms with van der Waals surface area (Å²) in [4.78, 5) is 12.3. The van der Waals surface area contributed by atoms with Gasteiger partial charge in [-0.3, -0.25) is 4.79 Å². The molecular formula is C16H26ClN3O4S. The van der Waals surface area contributed by atoms with Crippen LogP contribution in [0.5, 0.6) is 5.75 Å². The van der Waals surface area contributed by atoms with Crippen molar-refractivity contribution in [2.75, 3.05) is 26.7 Å². The maximum atomic E-state index is 12.8. The topological polar surface area (TPSA) is 102 Å². The lowest BCUT2D eigenvalue weighted by Gasteiger charge is -2.20. The number of amides is 1. The van der Waals surface area contributed by atoms with Crippen molar-refractivity contribution in [1.29, 1.82) is 0 Å². The van der Waals surface area contributed by atoms with E-state index in [2.05, 4.69) is 5.32 Å². The Balaban J connectivity index is 0.00000312. The fourth-order valence-electron chi connectivity index (χ4n) is 2.50. The SMILES string of the molecule is COc1ccc(C(=O)NCC(C)(C)N)cc1S(=O)(=O)N1CCCC1.Cl. The molecule has 1 aromatic carbocycles. The van der Waals surface area contributed by atoms with E-state index in [0.717, 1.165) is 12.8 Å². The van der Waals surface area contributed by atoms with E-state index in [1.165, 1.54) is 23.5 Å². The van der Waals surface area contributed by atoms with Crippen LogP contribution in [0.3, 0.4) is 0 Å². The summed E-state index contributed by atoms with van der Waals surface area (Å²) in [6.45, 7) is 4.85. The van der Waals surface area contributed by atoms with Crippen molar-refractivity contribution in [2.45, 2.75) is 37.1 Å². The molecule has 1 saturated heterocycles. The molecule has 0 radical (unpaired) electrons. The lowest BCUT2D eigenvalue weighted by molar-refractivity contribution is 0.0946. The standard InChI is InChI=1S/C16H25N3O4S.ClH/c1-16(2,17)11-18-15(20)12-6-7-13(23-3)14(10-12)24(21,22)19-8-4-5-9-19;/h6-7,10H,4-5,8-9,11,17H2,1-3H3,(H,18,20);1H. The van der Waals surface area contributed by atoms with Crippen molar-refractivity contribution < 1.29 is 17.9 Å². The van der Waals surface area contributed by atoms with Crippen LogP contribution in [0.15, 0.2) is 23.1 Å². The third-order valence-corrected chi connectivity index (χ3v) is 5.73. The van der Waals surface area contributed by atoms with E-state index in [1.807, 2.05) is 0 Å². The minimum Gasteiger partial charge on any atom is -0.495 e. The van der Waals surface area contributed by atoms with Crippen molar-refractivity contribution in [3.63, 3.8) is 0 Å². The van der Waals surface area contributed by atoms with Crippen LogP contribution in [0.2, 0.25) is 0 Å². The van der Waals surface area contributed by atoms with Crippen LogP contribution in [-0.2, 0) is 10.0 Å². The van der Waals surface area contributed by atoms with E-state index >= 15 is 0 Å². The molecule has 25 heavy (non-hydrogen) atoms. The van der Waals surface area contributed by atoms with Crippen LogP contribution in [0, 0.1) is 0 Å². The van der Waals surface area contributed by atoms with E-state index in [0.29, 0.717) is 13.1 Å². The van der Waals surface area contributed by atoms with Crippen LogP contribution < -0.4 is 15.8 Å². The fourth-order valence-corrected chi connectivity index (χ4v) is 4.20. The quantitative estimate of drug-likeness (QED) is 0.762. The monoisotopic (exact) mass is 391 g/mol. The largest absolute Gasteiger partial charge is 0.495 e. The van der Waals surface area contributed by atoms with Gasteiger partial charge in [0.05, 0.1) is 7.11 Å². The molecule has 0 saturated carbocycles.